The summed E-state index contributed by atoms with van der Waals surface area (Å²) in [6.07, 6.45) is 0.151. The predicted octanol–water partition coefficient (Wildman–Crippen LogP) is 1.59. The molecular formula is C12H15NO2. The van der Waals surface area contributed by atoms with Gasteiger partial charge in [0.25, 0.3) is 0 Å². The van der Waals surface area contributed by atoms with Gasteiger partial charge in [-0.05, 0) is 12.5 Å². The Labute approximate surface area is 89.3 Å². The summed E-state index contributed by atoms with van der Waals surface area (Å²) in [6.45, 7) is 3.67. The summed E-state index contributed by atoms with van der Waals surface area (Å²) in [6, 6.07) is 8.86. The van der Waals surface area contributed by atoms with Crippen molar-refractivity contribution in [2.45, 2.75) is 19.1 Å². The molecule has 0 amide bonds. The molecule has 3 atom stereocenters. The molecule has 1 aromatic rings. The van der Waals surface area contributed by atoms with E-state index >= 15 is 0 Å². The second kappa shape index (κ2) is 3.59. The van der Waals surface area contributed by atoms with E-state index in [1.54, 1.807) is 0 Å². The molecule has 3 rings (SSSR count). The van der Waals surface area contributed by atoms with Gasteiger partial charge in [0.1, 0.15) is 6.10 Å². The van der Waals surface area contributed by atoms with E-state index in [2.05, 4.69) is 36.7 Å². The smallest absolute Gasteiger partial charge is 0.100 e. The van der Waals surface area contributed by atoms with Crippen molar-refractivity contribution in [2.75, 3.05) is 13.2 Å². The number of fused-ring (bicyclic) bond motifs is 1. The molecule has 2 saturated heterocycles. The van der Waals surface area contributed by atoms with Gasteiger partial charge in [0, 0.05) is 5.92 Å². The minimum absolute atomic E-state index is 0.151. The lowest BCUT2D eigenvalue weighted by Gasteiger charge is -2.16. The van der Waals surface area contributed by atoms with E-state index in [-0.39, 0.29) is 6.10 Å². The van der Waals surface area contributed by atoms with Crippen molar-refractivity contribution in [1.82, 2.24) is 5.48 Å². The van der Waals surface area contributed by atoms with Crippen molar-refractivity contribution in [3.63, 3.8) is 0 Å². The zero-order valence-corrected chi connectivity index (χ0v) is 8.77. The highest BCUT2D eigenvalue weighted by Crippen LogP contribution is 2.35. The number of hydrogen-bond acceptors (Lipinski definition) is 3. The van der Waals surface area contributed by atoms with Crippen molar-refractivity contribution in [1.29, 1.82) is 0 Å². The fraction of sp³-hybridized carbons (Fsp3) is 0.500. The van der Waals surface area contributed by atoms with Crippen LogP contribution in [0.1, 0.15) is 17.2 Å². The third-order valence-corrected chi connectivity index (χ3v) is 3.25. The zero-order valence-electron chi connectivity index (χ0n) is 8.77. The summed E-state index contributed by atoms with van der Waals surface area (Å²) in [5.41, 5.74) is 5.58. The molecular weight excluding hydrogens is 190 g/mol. The van der Waals surface area contributed by atoms with Gasteiger partial charge in [-0.15, -0.1) is 0 Å². The third-order valence-electron chi connectivity index (χ3n) is 3.25. The highest BCUT2D eigenvalue weighted by Gasteiger charge is 2.42. The SMILES string of the molecule is Cc1ccc([C@@H]2OC[C@H]3CON[C@H]32)cc1. The fourth-order valence-electron chi connectivity index (χ4n) is 2.30. The van der Waals surface area contributed by atoms with Gasteiger partial charge in [-0.25, -0.2) is 0 Å². The number of hydrogen-bond donors (Lipinski definition) is 1. The van der Waals surface area contributed by atoms with Crippen LogP contribution in [0.4, 0.5) is 0 Å². The molecule has 0 radical (unpaired) electrons. The molecule has 2 aliphatic heterocycles. The van der Waals surface area contributed by atoms with Crippen LogP contribution in [0.25, 0.3) is 0 Å². The van der Waals surface area contributed by atoms with Crippen LogP contribution >= 0.6 is 0 Å². The van der Waals surface area contributed by atoms with Gasteiger partial charge in [-0.2, -0.15) is 5.48 Å². The average Bonchev–Trinajstić information content (AvgIpc) is 2.80. The van der Waals surface area contributed by atoms with Crippen LogP contribution in [0.2, 0.25) is 0 Å². The maximum Gasteiger partial charge on any atom is 0.100 e. The summed E-state index contributed by atoms with van der Waals surface area (Å²) in [4.78, 5) is 5.26. The number of hydroxylamine groups is 1. The first-order valence-corrected chi connectivity index (χ1v) is 5.40. The number of nitrogens with one attached hydrogen (secondary N) is 1. The Morgan fingerprint density at radius 1 is 1.20 bits per heavy atom. The molecule has 2 fully saturated rings. The van der Waals surface area contributed by atoms with Gasteiger partial charge in [0.15, 0.2) is 0 Å². The number of aryl methyl sites for hydroxylation is 1. The molecule has 0 aromatic heterocycles. The van der Waals surface area contributed by atoms with Crippen LogP contribution in [0, 0.1) is 12.8 Å². The van der Waals surface area contributed by atoms with Gasteiger partial charge in [0.05, 0.1) is 19.3 Å². The zero-order chi connectivity index (χ0) is 10.3. The van der Waals surface area contributed by atoms with Gasteiger partial charge in [-0.3, -0.25) is 0 Å². The van der Waals surface area contributed by atoms with Crippen molar-refractivity contribution < 1.29 is 9.57 Å². The maximum atomic E-state index is 5.80. The third kappa shape index (κ3) is 1.57. The average molecular weight is 205 g/mol. The molecule has 1 N–H and O–H groups in total. The first kappa shape index (κ1) is 9.33. The standard InChI is InChI=1S/C12H15NO2/c1-8-2-4-9(5-3-8)12-11-10(6-14-12)7-15-13-11/h2-5,10-13H,6-7H2,1H3/t10-,11+,12-/m0/s1. The number of benzene rings is 1. The highest BCUT2D eigenvalue weighted by molar-refractivity contribution is 5.25. The molecule has 3 nitrogen and oxygen atoms in total. The topological polar surface area (TPSA) is 30.5 Å². The Morgan fingerprint density at radius 3 is 2.80 bits per heavy atom. The quantitative estimate of drug-likeness (QED) is 0.755. The van der Waals surface area contributed by atoms with Gasteiger partial charge < -0.3 is 9.57 Å². The Kier molecular flexibility index (Phi) is 2.24. The van der Waals surface area contributed by atoms with Crippen molar-refractivity contribution in [3.05, 3.63) is 35.4 Å². The lowest BCUT2D eigenvalue weighted by Crippen LogP contribution is -2.28. The summed E-state index contributed by atoms with van der Waals surface area (Å²) < 4.78 is 5.80. The molecule has 0 unspecified atom stereocenters. The van der Waals surface area contributed by atoms with E-state index in [1.165, 1.54) is 11.1 Å². The predicted molar refractivity (Wildman–Crippen MR) is 56.2 cm³/mol. The number of rotatable bonds is 1. The molecule has 0 spiro atoms. The van der Waals surface area contributed by atoms with Gasteiger partial charge in [0.2, 0.25) is 0 Å². The van der Waals surface area contributed by atoms with Gasteiger partial charge in [-0.1, -0.05) is 29.8 Å². The van der Waals surface area contributed by atoms with E-state index in [9.17, 15) is 0 Å². The summed E-state index contributed by atoms with van der Waals surface area (Å²) in [5.74, 6) is 0.510. The lowest BCUT2D eigenvalue weighted by molar-refractivity contribution is 0.0144. The van der Waals surface area contributed by atoms with Crippen LogP contribution in [-0.2, 0) is 9.57 Å². The Morgan fingerprint density at radius 2 is 2.00 bits per heavy atom. The second-order valence-electron chi connectivity index (χ2n) is 4.38. The summed E-state index contributed by atoms with van der Waals surface area (Å²) >= 11 is 0. The first-order chi connectivity index (χ1) is 7.34. The summed E-state index contributed by atoms with van der Waals surface area (Å²) in [5, 5.41) is 0. The van der Waals surface area contributed by atoms with Gasteiger partial charge >= 0.3 is 0 Å². The normalized spacial score (nSPS) is 34.3. The second-order valence-corrected chi connectivity index (χ2v) is 4.38. The molecule has 3 heteroatoms. The molecule has 0 bridgehead atoms. The Bertz CT molecular complexity index is 349. The van der Waals surface area contributed by atoms with Crippen LogP contribution in [-0.4, -0.2) is 19.3 Å². The number of ether oxygens (including phenoxy) is 1. The van der Waals surface area contributed by atoms with Crippen LogP contribution < -0.4 is 5.48 Å². The minimum Gasteiger partial charge on any atom is -0.371 e. The lowest BCUT2D eigenvalue weighted by atomic mass is 9.96. The highest BCUT2D eigenvalue weighted by atomic mass is 16.7. The summed E-state index contributed by atoms with van der Waals surface area (Å²) in [7, 11) is 0. The molecule has 15 heavy (non-hydrogen) atoms. The molecule has 1 aromatic carbocycles. The molecule has 0 saturated carbocycles. The molecule has 80 valence electrons. The van der Waals surface area contributed by atoms with Crippen LogP contribution in [0.5, 0.6) is 0 Å². The van der Waals surface area contributed by atoms with E-state index < -0.39 is 0 Å². The monoisotopic (exact) mass is 205 g/mol. The van der Waals surface area contributed by atoms with Crippen LogP contribution in [0.15, 0.2) is 24.3 Å². The van der Waals surface area contributed by atoms with Crippen molar-refractivity contribution in [2.24, 2.45) is 5.92 Å². The Balaban J connectivity index is 1.85. The van der Waals surface area contributed by atoms with Crippen molar-refractivity contribution in [3.8, 4) is 0 Å². The minimum atomic E-state index is 0.151. The molecule has 0 aliphatic carbocycles. The molecule has 2 heterocycles. The van der Waals surface area contributed by atoms with E-state index in [0.717, 1.165) is 13.2 Å². The van der Waals surface area contributed by atoms with E-state index in [4.69, 9.17) is 9.57 Å². The van der Waals surface area contributed by atoms with E-state index in [1.807, 2.05) is 0 Å². The van der Waals surface area contributed by atoms with Crippen LogP contribution in [0.3, 0.4) is 0 Å². The largest absolute Gasteiger partial charge is 0.371 e. The molecule has 2 aliphatic rings. The maximum absolute atomic E-state index is 5.80. The first-order valence-electron chi connectivity index (χ1n) is 5.40. The fourth-order valence-corrected chi connectivity index (χ4v) is 2.30. The Hall–Kier alpha value is -0.900. The van der Waals surface area contributed by atoms with E-state index in [0.29, 0.717) is 12.0 Å². The van der Waals surface area contributed by atoms with Crippen molar-refractivity contribution >= 4 is 0 Å².